The Bertz CT molecular complexity index is 671. The van der Waals surface area contributed by atoms with Gasteiger partial charge in [0.1, 0.15) is 10.7 Å². The maximum atomic E-state index is 12.3. The van der Waals surface area contributed by atoms with Gasteiger partial charge in [-0.1, -0.05) is 6.07 Å². The van der Waals surface area contributed by atoms with Gasteiger partial charge in [0.2, 0.25) is 0 Å². The van der Waals surface area contributed by atoms with E-state index in [0.29, 0.717) is 23.7 Å². The lowest BCUT2D eigenvalue weighted by Gasteiger charge is -2.13. The maximum absolute atomic E-state index is 12.3. The van der Waals surface area contributed by atoms with E-state index in [1.54, 1.807) is 16.5 Å². The minimum atomic E-state index is -0.849. The molecule has 0 unspecified atom stereocenters. The number of pyridine rings is 1. The number of carboxylic acid groups (broad SMARTS) is 1. The number of hydrogen-bond acceptors (Lipinski definition) is 5. The third kappa shape index (κ3) is 2.78. The van der Waals surface area contributed by atoms with Crippen LogP contribution in [0, 0.1) is 5.92 Å². The summed E-state index contributed by atoms with van der Waals surface area (Å²) in [5.74, 6) is -1.53. The first kappa shape index (κ1) is 13.7. The fourth-order valence-electron chi connectivity index (χ4n) is 2.29. The second-order valence-electron chi connectivity index (χ2n) is 4.83. The van der Waals surface area contributed by atoms with Gasteiger partial charge in [-0.2, -0.15) is 0 Å². The number of aromatic nitrogens is 2. The van der Waals surface area contributed by atoms with Crippen molar-refractivity contribution in [3.05, 3.63) is 35.5 Å². The molecule has 1 amide bonds. The topological polar surface area (TPSA) is 83.4 Å². The molecule has 2 aromatic heterocycles. The third-order valence-electron chi connectivity index (χ3n) is 3.43. The summed E-state index contributed by atoms with van der Waals surface area (Å²) < 4.78 is 0. The highest BCUT2D eigenvalue weighted by atomic mass is 32.1. The Morgan fingerprint density at radius 1 is 1.38 bits per heavy atom. The van der Waals surface area contributed by atoms with Crippen molar-refractivity contribution in [2.24, 2.45) is 5.92 Å². The standard InChI is InChI=1S/C14H13N3O3S/c18-13(17-6-4-9(7-17)14(19)20)11-8-21-12(16-11)10-3-1-2-5-15-10/h1-3,5,8-9H,4,6-7H2,(H,19,20)/t9-/m1/s1. The van der Waals surface area contributed by atoms with Gasteiger partial charge < -0.3 is 10.0 Å². The first-order chi connectivity index (χ1) is 10.1. The fourth-order valence-corrected chi connectivity index (χ4v) is 3.06. The van der Waals surface area contributed by atoms with E-state index >= 15 is 0 Å². The fraction of sp³-hybridized carbons (Fsp3) is 0.286. The number of aliphatic carboxylic acids is 1. The van der Waals surface area contributed by atoms with Gasteiger partial charge in [0.05, 0.1) is 11.6 Å². The molecule has 1 aliphatic rings. The first-order valence-electron chi connectivity index (χ1n) is 6.54. The minimum Gasteiger partial charge on any atom is -0.481 e. The van der Waals surface area contributed by atoms with Crippen LogP contribution in [0.2, 0.25) is 0 Å². The molecule has 1 N–H and O–H groups in total. The predicted octanol–water partition coefficient (Wildman–Crippen LogP) is 1.75. The van der Waals surface area contributed by atoms with Gasteiger partial charge in [-0.25, -0.2) is 4.98 Å². The van der Waals surface area contributed by atoms with E-state index in [4.69, 9.17) is 5.11 Å². The van der Waals surface area contributed by atoms with Crippen LogP contribution in [0.1, 0.15) is 16.9 Å². The normalized spacial score (nSPS) is 17.9. The molecule has 0 aliphatic carbocycles. The van der Waals surface area contributed by atoms with Gasteiger partial charge in [-0.05, 0) is 18.6 Å². The Morgan fingerprint density at radius 2 is 2.24 bits per heavy atom. The summed E-state index contributed by atoms with van der Waals surface area (Å²) in [4.78, 5) is 33.3. The van der Waals surface area contributed by atoms with E-state index in [0.717, 1.165) is 5.69 Å². The van der Waals surface area contributed by atoms with Crippen LogP contribution in [0.5, 0.6) is 0 Å². The van der Waals surface area contributed by atoms with Crippen molar-refractivity contribution < 1.29 is 14.7 Å². The van der Waals surface area contributed by atoms with Crippen LogP contribution in [0.25, 0.3) is 10.7 Å². The highest BCUT2D eigenvalue weighted by Crippen LogP contribution is 2.24. The van der Waals surface area contributed by atoms with Crippen LogP contribution >= 0.6 is 11.3 Å². The molecule has 0 radical (unpaired) electrons. The molecule has 0 bridgehead atoms. The van der Waals surface area contributed by atoms with E-state index < -0.39 is 11.9 Å². The maximum Gasteiger partial charge on any atom is 0.308 e. The van der Waals surface area contributed by atoms with Crippen molar-refractivity contribution in [2.45, 2.75) is 6.42 Å². The highest BCUT2D eigenvalue weighted by molar-refractivity contribution is 7.13. The van der Waals surface area contributed by atoms with Crippen molar-refractivity contribution in [3.63, 3.8) is 0 Å². The number of amides is 1. The molecule has 21 heavy (non-hydrogen) atoms. The molecule has 1 saturated heterocycles. The zero-order chi connectivity index (χ0) is 14.8. The van der Waals surface area contributed by atoms with E-state index in [-0.39, 0.29) is 12.5 Å². The predicted molar refractivity (Wildman–Crippen MR) is 77.0 cm³/mol. The number of carbonyl (C=O) groups excluding carboxylic acids is 1. The molecule has 1 aliphatic heterocycles. The number of likely N-dealkylation sites (tertiary alicyclic amines) is 1. The number of rotatable bonds is 3. The van der Waals surface area contributed by atoms with Crippen molar-refractivity contribution in [2.75, 3.05) is 13.1 Å². The number of hydrogen-bond donors (Lipinski definition) is 1. The lowest BCUT2D eigenvalue weighted by atomic mass is 10.1. The van der Waals surface area contributed by atoms with Gasteiger partial charge in [0.25, 0.3) is 5.91 Å². The Morgan fingerprint density at radius 3 is 2.90 bits per heavy atom. The number of carbonyl (C=O) groups is 2. The number of carboxylic acids is 1. The van der Waals surface area contributed by atoms with Gasteiger partial charge in [0.15, 0.2) is 0 Å². The van der Waals surface area contributed by atoms with Crippen molar-refractivity contribution in [1.29, 1.82) is 0 Å². The largest absolute Gasteiger partial charge is 0.481 e. The number of thiazole rings is 1. The quantitative estimate of drug-likeness (QED) is 0.934. The van der Waals surface area contributed by atoms with Crippen molar-refractivity contribution in [1.82, 2.24) is 14.9 Å². The molecule has 6 nitrogen and oxygen atoms in total. The van der Waals surface area contributed by atoms with E-state index in [2.05, 4.69) is 9.97 Å². The molecule has 108 valence electrons. The van der Waals surface area contributed by atoms with Crippen LogP contribution in [-0.4, -0.2) is 44.9 Å². The average Bonchev–Trinajstić information content (AvgIpc) is 3.17. The van der Waals surface area contributed by atoms with Crippen LogP contribution in [0.4, 0.5) is 0 Å². The summed E-state index contributed by atoms with van der Waals surface area (Å²) in [6.45, 7) is 0.719. The van der Waals surface area contributed by atoms with E-state index in [1.807, 2.05) is 18.2 Å². The van der Waals surface area contributed by atoms with Gasteiger partial charge in [-0.3, -0.25) is 14.6 Å². The van der Waals surface area contributed by atoms with Crippen LogP contribution in [-0.2, 0) is 4.79 Å². The molecule has 0 saturated carbocycles. The Hall–Kier alpha value is -2.28. The lowest BCUT2D eigenvalue weighted by Crippen LogP contribution is -2.30. The first-order valence-corrected chi connectivity index (χ1v) is 7.42. The average molecular weight is 303 g/mol. The summed E-state index contributed by atoms with van der Waals surface area (Å²) >= 11 is 1.36. The molecular formula is C14H13N3O3S. The molecule has 3 heterocycles. The zero-order valence-electron chi connectivity index (χ0n) is 11.1. The van der Waals surface area contributed by atoms with Crippen LogP contribution in [0.15, 0.2) is 29.8 Å². The summed E-state index contributed by atoms with van der Waals surface area (Å²) in [5, 5.41) is 11.4. The SMILES string of the molecule is O=C(O)[C@@H]1CCN(C(=O)c2csc(-c3ccccn3)n2)C1. The van der Waals surface area contributed by atoms with Crippen LogP contribution in [0.3, 0.4) is 0 Å². The van der Waals surface area contributed by atoms with Gasteiger partial charge >= 0.3 is 5.97 Å². The second kappa shape index (κ2) is 5.61. The zero-order valence-corrected chi connectivity index (χ0v) is 11.9. The molecular weight excluding hydrogens is 290 g/mol. The molecule has 3 rings (SSSR count). The van der Waals surface area contributed by atoms with Crippen molar-refractivity contribution >= 4 is 23.2 Å². The molecule has 1 atom stereocenters. The Kier molecular flexibility index (Phi) is 3.66. The third-order valence-corrected chi connectivity index (χ3v) is 4.30. The Labute approximate surface area is 125 Å². The van der Waals surface area contributed by atoms with Crippen LogP contribution < -0.4 is 0 Å². The van der Waals surface area contributed by atoms with E-state index in [1.165, 1.54) is 11.3 Å². The summed E-state index contributed by atoms with van der Waals surface area (Å²) in [6.07, 6.45) is 2.18. The smallest absolute Gasteiger partial charge is 0.308 e. The van der Waals surface area contributed by atoms with E-state index in [9.17, 15) is 9.59 Å². The monoisotopic (exact) mass is 303 g/mol. The molecule has 0 spiro atoms. The van der Waals surface area contributed by atoms with Gasteiger partial charge in [0, 0.05) is 24.7 Å². The number of nitrogens with zero attached hydrogens (tertiary/aromatic N) is 3. The van der Waals surface area contributed by atoms with Crippen molar-refractivity contribution in [3.8, 4) is 10.7 Å². The van der Waals surface area contributed by atoms with Gasteiger partial charge in [-0.15, -0.1) is 11.3 Å². The highest BCUT2D eigenvalue weighted by Gasteiger charge is 2.32. The second-order valence-corrected chi connectivity index (χ2v) is 5.69. The molecule has 2 aromatic rings. The Balaban J connectivity index is 1.75. The minimum absolute atomic E-state index is 0.211. The summed E-state index contributed by atoms with van der Waals surface area (Å²) in [7, 11) is 0. The summed E-state index contributed by atoms with van der Waals surface area (Å²) in [6, 6.07) is 5.52. The molecule has 0 aromatic carbocycles. The lowest BCUT2D eigenvalue weighted by molar-refractivity contribution is -0.141. The molecule has 1 fully saturated rings. The summed E-state index contributed by atoms with van der Waals surface area (Å²) in [5.41, 5.74) is 1.08. The molecule has 7 heteroatoms.